The van der Waals surface area contributed by atoms with E-state index in [0.717, 1.165) is 0 Å². The van der Waals surface area contributed by atoms with Gasteiger partial charge in [0.2, 0.25) is 0 Å². The summed E-state index contributed by atoms with van der Waals surface area (Å²) in [6, 6.07) is 2.81. The summed E-state index contributed by atoms with van der Waals surface area (Å²) in [7, 11) is 0. The quantitative estimate of drug-likeness (QED) is 0.232. The zero-order valence-corrected chi connectivity index (χ0v) is 8.41. The Morgan fingerprint density at radius 3 is 2.71 bits per heavy atom. The minimum atomic E-state index is -0.0767. The molecule has 0 aromatic heterocycles. The number of nitrogen functional groups attached to an aromatic ring is 1. The lowest BCUT2D eigenvalue weighted by atomic mass is 10.1. The lowest BCUT2D eigenvalue weighted by molar-refractivity contribution is 0.318. The van der Waals surface area contributed by atoms with E-state index < -0.39 is 0 Å². The van der Waals surface area contributed by atoms with E-state index in [1.807, 2.05) is 6.92 Å². The molecule has 0 spiro atoms. The molecule has 0 saturated carbocycles. The second kappa shape index (κ2) is 4.19. The standard InChI is InChI=1S/C9H11ClN2O2/c1-2-8(12-14)5-3-7(11)9(13)4-6(5)10/h3-4,13-14H,2,11H2,1H3/b12-8+. The Labute approximate surface area is 86.6 Å². The molecule has 0 atom stereocenters. The van der Waals surface area contributed by atoms with Crippen LogP contribution in [0.3, 0.4) is 0 Å². The highest BCUT2D eigenvalue weighted by atomic mass is 35.5. The second-order valence-corrected chi connectivity index (χ2v) is 3.20. The van der Waals surface area contributed by atoms with Gasteiger partial charge in [-0.3, -0.25) is 0 Å². The molecule has 5 heteroatoms. The van der Waals surface area contributed by atoms with Gasteiger partial charge in [-0.25, -0.2) is 0 Å². The predicted molar refractivity (Wildman–Crippen MR) is 56.1 cm³/mol. The third-order valence-electron chi connectivity index (χ3n) is 1.88. The van der Waals surface area contributed by atoms with Crippen LogP contribution in [-0.4, -0.2) is 16.0 Å². The Balaban J connectivity index is 3.28. The summed E-state index contributed by atoms with van der Waals surface area (Å²) >= 11 is 5.85. The average Bonchev–Trinajstić information content (AvgIpc) is 2.15. The van der Waals surface area contributed by atoms with Crippen LogP contribution in [0.4, 0.5) is 5.69 Å². The van der Waals surface area contributed by atoms with E-state index in [-0.39, 0.29) is 11.4 Å². The zero-order valence-electron chi connectivity index (χ0n) is 7.66. The molecule has 14 heavy (non-hydrogen) atoms. The Morgan fingerprint density at radius 2 is 2.21 bits per heavy atom. The fourth-order valence-electron chi connectivity index (χ4n) is 1.12. The molecule has 0 bridgehead atoms. The second-order valence-electron chi connectivity index (χ2n) is 2.79. The van der Waals surface area contributed by atoms with Crippen molar-refractivity contribution >= 4 is 23.0 Å². The van der Waals surface area contributed by atoms with Crippen LogP contribution in [0.1, 0.15) is 18.9 Å². The Morgan fingerprint density at radius 1 is 1.57 bits per heavy atom. The van der Waals surface area contributed by atoms with Crippen molar-refractivity contribution in [2.45, 2.75) is 13.3 Å². The number of rotatable bonds is 2. The van der Waals surface area contributed by atoms with Gasteiger partial charge in [0.25, 0.3) is 0 Å². The van der Waals surface area contributed by atoms with E-state index in [1.54, 1.807) is 0 Å². The number of nitrogens with two attached hydrogens (primary N) is 1. The maximum atomic E-state index is 9.24. The number of benzene rings is 1. The van der Waals surface area contributed by atoms with Crippen LogP contribution < -0.4 is 5.73 Å². The summed E-state index contributed by atoms with van der Waals surface area (Å²) in [5, 5.41) is 21.3. The molecule has 0 aliphatic rings. The molecule has 76 valence electrons. The first kappa shape index (κ1) is 10.7. The number of nitrogens with zero attached hydrogens (tertiary/aromatic N) is 1. The lowest BCUT2D eigenvalue weighted by Crippen LogP contribution is -2.01. The van der Waals surface area contributed by atoms with Crippen LogP contribution in [0.15, 0.2) is 17.3 Å². The first-order valence-electron chi connectivity index (χ1n) is 4.09. The van der Waals surface area contributed by atoms with Crippen LogP contribution in [0.5, 0.6) is 5.75 Å². The minimum absolute atomic E-state index is 0.0767. The maximum Gasteiger partial charge on any atom is 0.139 e. The molecule has 0 amide bonds. The molecule has 0 saturated heterocycles. The Kier molecular flexibility index (Phi) is 3.19. The molecular weight excluding hydrogens is 204 g/mol. The van der Waals surface area contributed by atoms with Crippen molar-refractivity contribution in [1.82, 2.24) is 0 Å². The molecule has 1 aromatic carbocycles. The molecule has 4 N–H and O–H groups in total. The van der Waals surface area contributed by atoms with Gasteiger partial charge in [0.1, 0.15) is 5.75 Å². The summed E-state index contributed by atoms with van der Waals surface area (Å²) in [6.07, 6.45) is 0.528. The van der Waals surface area contributed by atoms with Gasteiger partial charge in [0.05, 0.1) is 16.4 Å². The van der Waals surface area contributed by atoms with Crippen molar-refractivity contribution in [2.75, 3.05) is 5.73 Å². The largest absolute Gasteiger partial charge is 0.506 e. The van der Waals surface area contributed by atoms with E-state index in [2.05, 4.69) is 5.16 Å². The number of hydrogen-bond donors (Lipinski definition) is 3. The number of phenolic OH excluding ortho intramolecular Hbond substituents is 1. The molecule has 0 aliphatic carbocycles. The van der Waals surface area contributed by atoms with Crippen molar-refractivity contribution < 1.29 is 10.3 Å². The van der Waals surface area contributed by atoms with Gasteiger partial charge >= 0.3 is 0 Å². The van der Waals surface area contributed by atoms with Gasteiger partial charge in [-0.1, -0.05) is 23.7 Å². The van der Waals surface area contributed by atoms with E-state index in [4.69, 9.17) is 22.5 Å². The number of hydrogen-bond acceptors (Lipinski definition) is 4. The highest BCUT2D eigenvalue weighted by molar-refractivity contribution is 6.34. The van der Waals surface area contributed by atoms with Crippen molar-refractivity contribution in [3.05, 3.63) is 22.7 Å². The number of anilines is 1. The third kappa shape index (κ3) is 1.90. The smallest absolute Gasteiger partial charge is 0.139 e. The normalized spacial score (nSPS) is 11.7. The molecule has 0 heterocycles. The van der Waals surface area contributed by atoms with Gasteiger partial charge in [-0.05, 0) is 12.5 Å². The average molecular weight is 215 g/mol. The Hall–Kier alpha value is -1.42. The fraction of sp³-hybridized carbons (Fsp3) is 0.222. The van der Waals surface area contributed by atoms with Crippen LogP contribution in [0.25, 0.3) is 0 Å². The molecule has 0 radical (unpaired) electrons. The first-order chi connectivity index (χ1) is 6.60. The van der Waals surface area contributed by atoms with Crippen molar-refractivity contribution in [3.8, 4) is 5.75 Å². The summed E-state index contributed by atoms with van der Waals surface area (Å²) in [5.41, 5.74) is 6.67. The number of oxime groups is 1. The molecule has 0 unspecified atom stereocenters. The first-order valence-corrected chi connectivity index (χ1v) is 4.47. The summed E-state index contributed by atoms with van der Waals surface area (Å²) in [4.78, 5) is 0. The van der Waals surface area contributed by atoms with E-state index in [9.17, 15) is 5.11 Å². The van der Waals surface area contributed by atoms with E-state index >= 15 is 0 Å². The monoisotopic (exact) mass is 214 g/mol. The van der Waals surface area contributed by atoms with E-state index in [0.29, 0.717) is 22.7 Å². The number of phenols is 1. The minimum Gasteiger partial charge on any atom is -0.506 e. The van der Waals surface area contributed by atoms with Crippen LogP contribution >= 0.6 is 11.6 Å². The molecule has 1 aromatic rings. The molecule has 0 aliphatic heterocycles. The van der Waals surface area contributed by atoms with Gasteiger partial charge in [0, 0.05) is 11.6 Å². The van der Waals surface area contributed by atoms with E-state index in [1.165, 1.54) is 12.1 Å². The van der Waals surface area contributed by atoms with Gasteiger partial charge in [0.15, 0.2) is 0 Å². The topological polar surface area (TPSA) is 78.8 Å². The van der Waals surface area contributed by atoms with Crippen LogP contribution in [0.2, 0.25) is 5.02 Å². The highest BCUT2D eigenvalue weighted by Gasteiger charge is 2.10. The van der Waals surface area contributed by atoms with Crippen molar-refractivity contribution in [1.29, 1.82) is 0 Å². The lowest BCUT2D eigenvalue weighted by Gasteiger charge is -2.07. The van der Waals surface area contributed by atoms with Gasteiger partial charge in [-0.15, -0.1) is 0 Å². The predicted octanol–water partition coefficient (Wildman–Crippen LogP) is 2.22. The molecule has 4 nitrogen and oxygen atoms in total. The number of halogens is 1. The summed E-state index contributed by atoms with van der Waals surface area (Å²) in [6.45, 7) is 1.83. The van der Waals surface area contributed by atoms with Crippen LogP contribution in [-0.2, 0) is 0 Å². The van der Waals surface area contributed by atoms with Gasteiger partial charge < -0.3 is 16.0 Å². The Bertz CT molecular complexity index is 377. The summed E-state index contributed by atoms with van der Waals surface area (Å²) < 4.78 is 0. The molecule has 1 rings (SSSR count). The zero-order chi connectivity index (χ0) is 10.7. The van der Waals surface area contributed by atoms with Crippen molar-refractivity contribution in [2.24, 2.45) is 5.16 Å². The highest BCUT2D eigenvalue weighted by Crippen LogP contribution is 2.28. The van der Waals surface area contributed by atoms with Gasteiger partial charge in [-0.2, -0.15) is 0 Å². The fourth-order valence-corrected chi connectivity index (χ4v) is 1.38. The maximum absolute atomic E-state index is 9.24. The van der Waals surface area contributed by atoms with Crippen LogP contribution in [0, 0.1) is 0 Å². The summed E-state index contributed by atoms with van der Waals surface area (Å²) in [5.74, 6) is -0.0767. The molecule has 0 fully saturated rings. The molecular formula is C9H11ClN2O2. The SMILES string of the molecule is CC/C(=N\O)c1cc(N)c(O)cc1Cl. The third-order valence-corrected chi connectivity index (χ3v) is 2.20. The number of aromatic hydroxyl groups is 1. The van der Waals surface area contributed by atoms with Crippen molar-refractivity contribution in [3.63, 3.8) is 0 Å².